The first-order chi connectivity index (χ1) is 6.22. The maximum atomic E-state index is 8.51. The van der Waals surface area contributed by atoms with Crippen LogP contribution in [-0.2, 0) is 4.74 Å². The molecule has 0 aromatic rings. The second-order valence-corrected chi connectivity index (χ2v) is 3.47. The fourth-order valence-electron chi connectivity index (χ4n) is 1.26. The molecule has 0 heterocycles. The van der Waals surface area contributed by atoms with E-state index in [9.17, 15) is 0 Å². The van der Waals surface area contributed by atoms with Gasteiger partial charge in [0.05, 0.1) is 19.8 Å². The molecule has 0 atom stereocenters. The van der Waals surface area contributed by atoms with Crippen LogP contribution in [0.15, 0.2) is 0 Å². The summed E-state index contributed by atoms with van der Waals surface area (Å²) in [4.78, 5) is 2.39. The molecule has 3 nitrogen and oxygen atoms in total. The van der Waals surface area contributed by atoms with Gasteiger partial charge in [-0.3, -0.25) is 4.90 Å². The number of rotatable bonds is 8. The molecule has 0 radical (unpaired) electrons. The Labute approximate surface area is 81.7 Å². The Morgan fingerprint density at radius 2 is 1.92 bits per heavy atom. The first-order valence-corrected chi connectivity index (χ1v) is 5.15. The predicted molar refractivity (Wildman–Crippen MR) is 54.9 cm³/mol. The highest BCUT2D eigenvalue weighted by molar-refractivity contribution is 4.61. The summed E-state index contributed by atoms with van der Waals surface area (Å²) in [6, 6.07) is 0.581. The van der Waals surface area contributed by atoms with E-state index in [1.807, 2.05) is 0 Å². The predicted octanol–water partition coefficient (Wildman–Crippen LogP) is 1.12. The molecule has 80 valence electrons. The smallest absolute Gasteiger partial charge is 0.0698 e. The minimum absolute atomic E-state index is 0.120. The lowest BCUT2D eigenvalue weighted by atomic mass is 10.3. The Balaban J connectivity index is 3.45. The largest absolute Gasteiger partial charge is 0.394 e. The Morgan fingerprint density at radius 1 is 1.23 bits per heavy atom. The van der Waals surface area contributed by atoms with Crippen LogP contribution in [-0.4, -0.2) is 49.0 Å². The molecule has 0 aliphatic carbocycles. The van der Waals surface area contributed by atoms with Gasteiger partial charge in [0.25, 0.3) is 0 Å². The van der Waals surface area contributed by atoms with E-state index in [-0.39, 0.29) is 6.61 Å². The van der Waals surface area contributed by atoms with Crippen molar-refractivity contribution in [3.05, 3.63) is 0 Å². The van der Waals surface area contributed by atoms with Crippen LogP contribution >= 0.6 is 0 Å². The third-order valence-electron chi connectivity index (χ3n) is 2.00. The van der Waals surface area contributed by atoms with Crippen LogP contribution in [0.2, 0.25) is 0 Å². The van der Waals surface area contributed by atoms with Gasteiger partial charge in [-0.1, -0.05) is 6.92 Å². The summed E-state index contributed by atoms with van der Waals surface area (Å²) in [6.45, 7) is 9.96. The van der Waals surface area contributed by atoms with E-state index in [0.717, 1.165) is 19.7 Å². The molecule has 0 aromatic carbocycles. The molecule has 13 heavy (non-hydrogen) atoms. The van der Waals surface area contributed by atoms with Gasteiger partial charge >= 0.3 is 0 Å². The molecule has 0 aromatic heterocycles. The van der Waals surface area contributed by atoms with Crippen LogP contribution in [0, 0.1) is 0 Å². The minimum atomic E-state index is 0.120. The van der Waals surface area contributed by atoms with Crippen molar-refractivity contribution in [1.29, 1.82) is 0 Å². The highest BCUT2D eigenvalue weighted by Crippen LogP contribution is 1.98. The van der Waals surface area contributed by atoms with E-state index in [1.165, 1.54) is 6.42 Å². The van der Waals surface area contributed by atoms with Crippen molar-refractivity contribution in [2.45, 2.75) is 33.2 Å². The fraction of sp³-hybridized carbons (Fsp3) is 1.00. The number of ether oxygens (including phenoxy) is 1. The average molecular weight is 189 g/mol. The first kappa shape index (κ1) is 12.9. The van der Waals surface area contributed by atoms with E-state index in [0.29, 0.717) is 12.6 Å². The molecule has 3 heteroatoms. The number of hydrogen-bond acceptors (Lipinski definition) is 3. The molecule has 0 aliphatic rings. The zero-order valence-corrected chi connectivity index (χ0v) is 9.12. The van der Waals surface area contributed by atoms with Crippen LogP contribution in [0.5, 0.6) is 0 Å². The maximum Gasteiger partial charge on any atom is 0.0698 e. The zero-order chi connectivity index (χ0) is 10.1. The Kier molecular flexibility index (Phi) is 8.40. The molecule has 0 fully saturated rings. The van der Waals surface area contributed by atoms with Gasteiger partial charge in [-0.2, -0.15) is 0 Å². The average Bonchev–Trinajstić information content (AvgIpc) is 2.10. The Morgan fingerprint density at radius 3 is 2.38 bits per heavy atom. The molecule has 0 amide bonds. The van der Waals surface area contributed by atoms with Crippen molar-refractivity contribution >= 4 is 0 Å². The topological polar surface area (TPSA) is 32.7 Å². The monoisotopic (exact) mass is 189 g/mol. The molecule has 0 saturated carbocycles. The van der Waals surface area contributed by atoms with Crippen LogP contribution < -0.4 is 0 Å². The third kappa shape index (κ3) is 6.99. The highest BCUT2D eigenvalue weighted by atomic mass is 16.5. The molecule has 0 bridgehead atoms. The van der Waals surface area contributed by atoms with Crippen molar-refractivity contribution in [1.82, 2.24) is 4.90 Å². The van der Waals surface area contributed by atoms with Crippen LogP contribution in [0.4, 0.5) is 0 Å². The van der Waals surface area contributed by atoms with Gasteiger partial charge in [-0.05, 0) is 26.8 Å². The van der Waals surface area contributed by atoms with Crippen LogP contribution in [0.3, 0.4) is 0 Å². The van der Waals surface area contributed by atoms with Crippen molar-refractivity contribution in [3.8, 4) is 0 Å². The van der Waals surface area contributed by atoms with Gasteiger partial charge in [0.15, 0.2) is 0 Å². The van der Waals surface area contributed by atoms with Gasteiger partial charge in [-0.25, -0.2) is 0 Å². The Hall–Kier alpha value is -0.120. The summed E-state index contributed by atoms with van der Waals surface area (Å²) < 4.78 is 5.22. The molecule has 0 aliphatic heterocycles. The summed E-state index contributed by atoms with van der Waals surface area (Å²) in [5.41, 5.74) is 0. The quantitative estimate of drug-likeness (QED) is 0.581. The van der Waals surface area contributed by atoms with Gasteiger partial charge in [0, 0.05) is 12.6 Å². The molecule has 0 rings (SSSR count). The van der Waals surface area contributed by atoms with Crippen molar-refractivity contribution < 1.29 is 9.84 Å². The zero-order valence-electron chi connectivity index (χ0n) is 9.12. The highest BCUT2D eigenvalue weighted by Gasteiger charge is 2.06. The van der Waals surface area contributed by atoms with E-state index in [1.54, 1.807) is 0 Å². The third-order valence-corrected chi connectivity index (χ3v) is 2.00. The van der Waals surface area contributed by atoms with E-state index in [4.69, 9.17) is 9.84 Å². The lowest BCUT2D eigenvalue weighted by Crippen LogP contribution is -2.34. The summed E-state index contributed by atoms with van der Waals surface area (Å²) in [6.07, 6.45) is 1.18. The van der Waals surface area contributed by atoms with Crippen molar-refractivity contribution in [2.24, 2.45) is 0 Å². The summed E-state index contributed by atoms with van der Waals surface area (Å²) >= 11 is 0. The molecule has 0 saturated heterocycles. The second-order valence-electron chi connectivity index (χ2n) is 3.47. The molecule has 1 N–H and O–H groups in total. The molecule has 0 spiro atoms. The van der Waals surface area contributed by atoms with Gasteiger partial charge in [0.2, 0.25) is 0 Å². The molecular formula is C10H23NO2. The van der Waals surface area contributed by atoms with Gasteiger partial charge < -0.3 is 9.84 Å². The normalized spacial score (nSPS) is 11.5. The summed E-state index contributed by atoms with van der Waals surface area (Å²) in [5, 5.41) is 8.51. The summed E-state index contributed by atoms with van der Waals surface area (Å²) in [7, 11) is 0. The maximum absolute atomic E-state index is 8.51. The first-order valence-electron chi connectivity index (χ1n) is 5.15. The standard InChI is InChI=1S/C10H23NO2/c1-4-5-11(10(2)3)6-8-13-9-7-12/h10,12H,4-9H2,1-3H3. The Bertz CT molecular complexity index is 107. The molecule has 0 unspecified atom stereocenters. The number of hydrogen-bond donors (Lipinski definition) is 1. The van der Waals surface area contributed by atoms with Gasteiger partial charge in [-0.15, -0.1) is 0 Å². The number of aliphatic hydroxyl groups excluding tert-OH is 1. The lowest BCUT2D eigenvalue weighted by molar-refractivity contribution is 0.0668. The fourth-order valence-corrected chi connectivity index (χ4v) is 1.26. The number of nitrogens with zero attached hydrogens (tertiary/aromatic N) is 1. The van der Waals surface area contributed by atoms with Gasteiger partial charge in [0.1, 0.15) is 0 Å². The SMILES string of the molecule is CCCN(CCOCCO)C(C)C. The van der Waals surface area contributed by atoms with Crippen LogP contribution in [0.1, 0.15) is 27.2 Å². The van der Waals surface area contributed by atoms with Crippen molar-refractivity contribution in [3.63, 3.8) is 0 Å². The molecular weight excluding hydrogens is 166 g/mol. The van der Waals surface area contributed by atoms with E-state index >= 15 is 0 Å². The van der Waals surface area contributed by atoms with Crippen LogP contribution in [0.25, 0.3) is 0 Å². The number of aliphatic hydroxyl groups is 1. The van der Waals surface area contributed by atoms with Crippen molar-refractivity contribution in [2.75, 3.05) is 32.9 Å². The summed E-state index contributed by atoms with van der Waals surface area (Å²) in [5.74, 6) is 0. The minimum Gasteiger partial charge on any atom is -0.394 e. The van der Waals surface area contributed by atoms with E-state index in [2.05, 4.69) is 25.7 Å². The lowest BCUT2D eigenvalue weighted by Gasteiger charge is -2.25. The second kappa shape index (κ2) is 8.48. The van der Waals surface area contributed by atoms with E-state index < -0.39 is 0 Å².